The molecule has 0 aromatic carbocycles. The van der Waals surface area contributed by atoms with Gasteiger partial charge < -0.3 is 14.5 Å². The zero-order chi connectivity index (χ0) is 12.1. The summed E-state index contributed by atoms with van der Waals surface area (Å²) in [6.45, 7) is 3.93. The van der Waals surface area contributed by atoms with Crippen molar-refractivity contribution in [3.05, 3.63) is 34.4 Å². The minimum absolute atomic E-state index is 0.100. The van der Waals surface area contributed by atoms with Crippen molar-refractivity contribution < 1.29 is 9.15 Å². The third-order valence-corrected chi connectivity index (χ3v) is 3.45. The zero-order valence-electron chi connectivity index (χ0n) is 10.0. The molecule has 2 rings (SSSR count). The van der Waals surface area contributed by atoms with E-state index in [4.69, 9.17) is 9.15 Å². The van der Waals surface area contributed by atoms with Crippen molar-refractivity contribution in [2.24, 2.45) is 0 Å². The average Bonchev–Trinajstić information content (AvgIpc) is 2.78. The molecular weight excluding hydrogens is 282 g/mol. The summed E-state index contributed by atoms with van der Waals surface area (Å²) in [5.74, 6) is 1.02. The summed E-state index contributed by atoms with van der Waals surface area (Å²) >= 11 is 3.44. The van der Waals surface area contributed by atoms with Crippen molar-refractivity contribution in [2.75, 3.05) is 13.2 Å². The van der Waals surface area contributed by atoms with Crippen LogP contribution in [0.5, 0.6) is 0 Å². The largest absolute Gasteiger partial charge is 0.496 e. The van der Waals surface area contributed by atoms with Crippen LogP contribution < -0.4 is 5.32 Å². The molecule has 0 radical (unpaired) electrons. The molecule has 1 unspecified atom stereocenters. The number of hydrogen-bond acceptors (Lipinski definition) is 3. The van der Waals surface area contributed by atoms with Gasteiger partial charge in [-0.05, 0) is 53.9 Å². The van der Waals surface area contributed by atoms with Crippen LogP contribution in [-0.2, 0) is 4.74 Å². The van der Waals surface area contributed by atoms with Crippen LogP contribution in [-0.4, -0.2) is 13.2 Å². The van der Waals surface area contributed by atoms with Crippen molar-refractivity contribution in [1.29, 1.82) is 0 Å². The van der Waals surface area contributed by atoms with Crippen molar-refractivity contribution in [2.45, 2.75) is 32.2 Å². The Morgan fingerprint density at radius 3 is 3.00 bits per heavy atom. The molecule has 94 valence electrons. The summed E-state index contributed by atoms with van der Waals surface area (Å²) in [5.41, 5.74) is 1.10. The Morgan fingerprint density at radius 2 is 2.41 bits per heavy atom. The fourth-order valence-electron chi connectivity index (χ4n) is 1.94. The molecule has 1 aromatic heterocycles. The fraction of sp³-hybridized carbons (Fsp3) is 0.538. The lowest BCUT2D eigenvalue weighted by molar-refractivity contribution is 0.167. The van der Waals surface area contributed by atoms with Gasteiger partial charge in [0.25, 0.3) is 0 Å². The monoisotopic (exact) mass is 299 g/mol. The van der Waals surface area contributed by atoms with E-state index in [1.165, 1.54) is 0 Å². The fourth-order valence-corrected chi connectivity index (χ4v) is 2.41. The highest BCUT2D eigenvalue weighted by atomic mass is 79.9. The molecule has 3 nitrogen and oxygen atoms in total. The van der Waals surface area contributed by atoms with Gasteiger partial charge in [0.05, 0.1) is 18.9 Å². The highest BCUT2D eigenvalue weighted by Crippen LogP contribution is 2.31. The number of rotatable bonds is 5. The van der Waals surface area contributed by atoms with Gasteiger partial charge in [-0.2, -0.15) is 0 Å². The van der Waals surface area contributed by atoms with E-state index in [1.54, 1.807) is 6.26 Å². The maximum atomic E-state index is 5.75. The summed E-state index contributed by atoms with van der Waals surface area (Å²) in [6.07, 6.45) is 7.17. The quantitative estimate of drug-likeness (QED) is 0.898. The van der Waals surface area contributed by atoms with Gasteiger partial charge >= 0.3 is 0 Å². The summed E-state index contributed by atoms with van der Waals surface area (Å²) < 4.78 is 11.8. The van der Waals surface area contributed by atoms with Crippen molar-refractivity contribution in [3.63, 3.8) is 0 Å². The predicted molar refractivity (Wildman–Crippen MR) is 70.7 cm³/mol. The van der Waals surface area contributed by atoms with Crippen molar-refractivity contribution >= 4 is 15.9 Å². The van der Waals surface area contributed by atoms with E-state index in [0.717, 1.165) is 48.4 Å². The van der Waals surface area contributed by atoms with Gasteiger partial charge in [-0.25, -0.2) is 0 Å². The van der Waals surface area contributed by atoms with Crippen LogP contribution >= 0.6 is 15.9 Å². The highest BCUT2D eigenvalue weighted by molar-refractivity contribution is 9.10. The Balaban J connectivity index is 2.18. The second-order valence-electron chi connectivity index (χ2n) is 4.13. The van der Waals surface area contributed by atoms with Gasteiger partial charge in [-0.1, -0.05) is 6.92 Å². The number of halogens is 1. The molecule has 1 N–H and O–H groups in total. The van der Waals surface area contributed by atoms with Crippen LogP contribution in [0.2, 0.25) is 0 Å². The molecule has 0 saturated carbocycles. The lowest BCUT2D eigenvalue weighted by atomic mass is 10.1. The standard InChI is InChI=1S/C13H18BrNO2/c1-2-7-15-12(10-6-9-17-13(10)14)11-5-3-4-8-16-11/h5-6,9,12,15H,2-4,7-8H2,1H3. The van der Waals surface area contributed by atoms with Gasteiger partial charge in [0.2, 0.25) is 0 Å². The molecule has 1 atom stereocenters. The Morgan fingerprint density at radius 1 is 1.53 bits per heavy atom. The molecule has 1 aliphatic rings. The van der Waals surface area contributed by atoms with Crippen LogP contribution in [0, 0.1) is 0 Å². The van der Waals surface area contributed by atoms with Crippen molar-refractivity contribution in [3.8, 4) is 0 Å². The number of furan rings is 1. The van der Waals surface area contributed by atoms with Crippen LogP contribution in [0.3, 0.4) is 0 Å². The highest BCUT2D eigenvalue weighted by Gasteiger charge is 2.22. The van der Waals surface area contributed by atoms with Crippen LogP contribution in [0.15, 0.2) is 33.3 Å². The lowest BCUT2D eigenvalue weighted by Gasteiger charge is -2.24. The van der Waals surface area contributed by atoms with E-state index in [9.17, 15) is 0 Å². The second-order valence-corrected chi connectivity index (χ2v) is 4.85. The molecule has 0 aliphatic carbocycles. The number of allylic oxidation sites excluding steroid dienone is 1. The summed E-state index contributed by atoms with van der Waals surface area (Å²) in [6, 6.07) is 2.08. The van der Waals surface area contributed by atoms with Gasteiger partial charge in [0.1, 0.15) is 5.76 Å². The Bertz CT molecular complexity index is 387. The van der Waals surface area contributed by atoms with Crippen LogP contribution in [0.4, 0.5) is 0 Å². The Hall–Kier alpha value is -0.740. The topological polar surface area (TPSA) is 34.4 Å². The molecule has 2 heterocycles. The lowest BCUT2D eigenvalue weighted by Crippen LogP contribution is -2.26. The van der Waals surface area contributed by atoms with Gasteiger partial charge in [0, 0.05) is 5.56 Å². The third kappa shape index (κ3) is 3.13. The average molecular weight is 300 g/mol. The maximum Gasteiger partial charge on any atom is 0.174 e. The van der Waals surface area contributed by atoms with Crippen LogP contribution in [0.25, 0.3) is 0 Å². The van der Waals surface area contributed by atoms with Gasteiger partial charge in [-0.15, -0.1) is 0 Å². The molecule has 17 heavy (non-hydrogen) atoms. The van der Waals surface area contributed by atoms with E-state index >= 15 is 0 Å². The normalized spacial score (nSPS) is 17.4. The maximum absolute atomic E-state index is 5.75. The molecule has 1 aromatic rings. The number of nitrogens with one attached hydrogen (secondary N) is 1. The van der Waals surface area contributed by atoms with E-state index in [1.807, 2.05) is 6.07 Å². The SMILES string of the molecule is CCCNC(C1=CCCCO1)c1ccoc1Br. The van der Waals surface area contributed by atoms with E-state index < -0.39 is 0 Å². The van der Waals surface area contributed by atoms with Gasteiger partial charge in [-0.3, -0.25) is 0 Å². The number of hydrogen-bond donors (Lipinski definition) is 1. The summed E-state index contributed by atoms with van der Waals surface area (Å²) in [4.78, 5) is 0. The second kappa shape index (κ2) is 6.26. The minimum atomic E-state index is 0.100. The van der Waals surface area contributed by atoms with E-state index in [2.05, 4.69) is 34.2 Å². The third-order valence-electron chi connectivity index (χ3n) is 2.80. The van der Waals surface area contributed by atoms with E-state index in [0.29, 0.717) is 0 Å². The molecule has 0 fully saturated rings. The Kier molecular flexibility index (Phi) is 4.68. The first-order valence-electron chi connectivity index (χ1n) is 6.12. The molecule has 1 aliphatic heterocycles. The Labute approximate surface area is 110 Å². The summed E-state index contributed by atoms with van der Waals surface area (Å²) in [5, 5.41) is 3.50. The molecular formula is C13H18BrNO2. The molecule has 0 spiro atoms. The smallest absolute Gasteiger partial charge is 0.174 e. The first kappa shape index (κ1) is 12.7. The van der Waals surface area contributed by atoms with Crippen molar-refractivity contribution in [1.82, 2.24) is 5.32 Å². The molecule has 0 amide bonds. The molecule has 0 bridgehead atoms. The number of ether oxygens (including phenoxy) is 1. The zero-order valence-corrected chi connectivity index (χ0v) is 11.6. The summed E-state index contributed by atoms with van der Waals surface area (Å²) in [7, 11) is 0. The first-order valence-corrected chi connectivity index (χ1v) is 6.91. The predicted octanol–water partition coefficient (Wildman–Crippen LogP) is 3.78. The first-order chi connectivity index (χ1) is 8.33. The molecule has 0 saturated heterocycles. The van der Waals surface area contributed by atoms with Crippen LogP contribution in [0.1, 0.15) is 37.8 Å². The van der Waals surface area contributed by atoms with E-state index in [-0.39, 0.29) is 6.04 Å². The molecule has 4 heteroatoms. The minimum Gasteiger partial charge on any atom is -0.496 e. The van der Waals surface area contributed by atoms with Gasteiger partial charge in [0.15, 0.2) is 4.67 Å².